The van der Waals surface area contributed by atoms with E-state index < -0.39 is 4.92 Å². The Hall–Kier alpha value is -2.64. The van der Waals surface area contributed by atoms with E-state index in [0.717, 1.165) is 25.7 Å². The van der Waals surface area contributed by atoms with Gasteiger partial charge >= 0.3 is 0 Å². The summed E-state index contributed by atoms with van der Waals surface area (Å²) in [6.45, 7) is 4.08. The highest BCUT2D eigenvalue weighted by molar-refractivity contribution is 5.96. The molecule has 8 nitrogen and oxygen atoms in total. The Morgan fingerprint density at radius 3 is 2.77 bits per heavy atom. The fourth-order valence-electron chi connectivity index (χ4n) is 3.21. The molecule has 1 saturated heterocycles. The number of hydrogen-bond acceptors (Lipinski definition) is 5. The van der Waals surface area contributed by atoms with Crippen molar-refractivity contribution in [2.45, 2.75) is 38.6 Å². The van der Waals surface area contributed by atoms with Gasteiger partial charge in [0.05, 0.1) is 11.5 Å². The summed E-state index contributed by atoms with van der Waals surface area (Å²) < 4.78 is 0. The van der Waals surface area contributed by atoms with Crippen molar-refractivity contribution in [1.82, 2.24) is 10.2 Å². The van der Waals surface area contributed by atoms with Crippen LogP contribution in [-0.2, 0) is 4.79 Å². The maximum absolute atomic E-state index is 12.4. The van der Waals surface area contributed by atoms with Crippen LogP contribution in [0.4, 0.5) is 11.4 Å². The molecule has 0 atom stereocenters. The van der Waals surface area contributed by atoms with Gasteiger partial charge in [0.15, 0.2) is 0 Å². The van der Waals surface area contributed by atoms with E-state index in [-0.39, 0.29) is 35.7 Å². The van der Waals surface area contributed by atoms with Crippen LogP contribution in [0.1, 0.15) is 43.0 Å². The summed E-state index contributed by atoms with van der Waals surface area (Å²) >= 11 is 0. The number of benzene rings is 1. The number of rotatable bonds is 6. The topological polar surface area (TPSA) is 95.8 Å². The summed E-state index contributed by atoms with van der Waals surface area (Å²) in [6, 6.07) is 4.68. The van der Waals surface area contributed by atoms with E-state index in [4.69, 9.17) is 0 Å². The minimum atomic E-state index is -0.484. The quantitative estimate of drug-likeness (QED) is 0.618. The van der Waals surface area contributed by atoms with Gasteiger partial charge in [0.25, 0.3) is 11.6 Å². The van der Waals surface area contributed by atoms with Crippen molar-refractivity contribution >= 4 is 23.2 Å². The van der Waals surface area contributed by atoms with Gasteiger partial charge in [-0.25, -0.2) is 0 Å². The number of nitrogens with one attached hydrogen (secondary N) is 1. The van der Waals surface area contributed by atoms with Crippen molar-refractivity contribution in [2.24, 2.45) is 0 Å². The molecule has 1 aliphatic carbocycles. The number of amides is 2. The lowest BCUT2D eigenvalue weighted by atomic mass is 10.1. The van der Waals surface area contributed by atoms with Crippen LogP contribution < -0.4 is 10.2 Å². The van der Waals surface area contributed by atoms with E-state index in [1.54, 1.807) is 17.0 Å². The smallest absolute Gasteiger partial charge is 0.293 e. The minimum absolute atomic E-state index is 0.0193. The summed E-state index contributed by atoms with van der Waals surface area (Å²) in [5.41, 5.74) is 0.538. The van der Waals surface area contributed by atoms with Crippen molar-refractivity contribution in [3.05, 3.63) is 33.9 Å². The maximum Gasteiger partial charge on any atom is 0.293 e. The number of carbonyl (C=O) groups is 2. The third kappa shape index (κ3) is 4.12. The molecule has 0 unspecified atom stereocenters. The highest BCUT2D eigenvalue weighted by atomic mass is 16.6. The number of nitrogens with zero attached hydrogens (tertiary/aromatic N) is 3. The highest BCUT2D eigenvalue weighted by Crippen LogP contribution is 2.30. The largest absolute Gasteiger partial charge is 0.357 e. The molecular weight excluding hydrogens is 336 g/mol. The molecule has 1 N–H and O–H groups in total. The molecule has 1 saturated carbocycles. The third-order valence-corrected chi connectivity index (χ3v) is 4.72. The molecule has 2 amide bonds. The van der Waals surface area contributed by atoms with Crippen LogP contribution in [0.3, 0.4) is 0 Å². The SMILES string of the molecule is CCCN1CCCN(c2ccc(C(=O)NC3CC3)cc2[N+](=O)[O-])CC1=O. The van der Waals surface area contributed by atoms with E-state index in [1.807, 2.05) is 11.8 Å². The van der Waals surface area contributed by atoms with Crippen molar-refractivity contribution in [3.63, 3.8) is 0 Å². The molecule has 1 aromatic carbocycles. The predicted octanol–water partition coefficient (Wildman–Crippen LogP) is 1.94. The third-order valence-electron chi connectivity index (χ3n) is 4.72. The second kappa shape index (κ2) is 7.72. The molecule has 0 bridgehead atoms. The lowest BCUT2D eigenvalue weighted by Crippen LogP contribution is -2.37. The van der Waals surface area contributed by atoms with Gasteiger partial charge in [0.1, 0.15) is 5.69 Å². The van der Waals surface area contributed by atoms with Crippen molar-refractivity contribution in [2.75, 3.05) is 31.1 Å². The summed E-state index contributed by atoms with van der Waals surface area (Å²) in [5.74, 6) is -0.308. The predicted molar refractivity (Wildman–Crippen MR) is 97.3 cm³/mol. The van der Waals surface area contributed by atoms with Crippen LogP contribution in [0, 0.1) is 10.1 Å². The van der Waals surface area contributed by atoms with E-state index >= 15 is 0 Å². The minimum Gasteiger partial charge on any atom is -0.357 e. The summed E-state index contributed by atoms with van der Waals surface area (Å²) in [7, 11) is 0. The molecule has 8 heteroatoms. The Morgan fingerprint density at radius 2 is 2.12 bits per heavy atom. The van der Waals surface area contributed by atoms with E-state index in [0.29, 0.717) is 25.3 Å². The number of nitro groups is 1. The van der Waals surface area contributed by atoms with Gasteiger partial charge in [-0.1, -0.05) is 6.92 Å². The summed E-state index contributed by atoms with van der Waals surface area (Å²) in [6.07, 6.45) is 3.55. The standard InChI is InChI=1S/C18H24N4O4/c1-2-8-20-9-3-10-21(12-17(20)23)15-7-4-13(11-16(15)22(25)26)18(24)19-14-5-6-14/h4,7,11,14H,2-3,5-6,8-10,12H2,1H3,(H,19,24). The lowest BCUT2D eigenvalue weighted by molar-refractivity contribution is -0.384. The summed E-state index contributed by atoms with van der Waals surface area (Å²) in [4.78, 5) is 39.2. The molecule has 1 aliphatic heterocycles. The van der Waals surface area contributed by atoms with Gasteiger partial charge in [-0.2, -0.15) is 0 Å². The van der Waals surface area contributed by atoms with E-state index in [9.17, 15) is 19.7 Å². The number of anilines is 1. The Balaban J connectivity index is 1.82. The zero-order valence-electron chi connectivity index (χ0n) is 14.9. The number of hydrogen-bond donors (Lipinski definition) is 1. The molecule has 0 aromatic heterocycles. The molecule has 0 radical (unpaired) electrons. The zero-order valence-corrected chi connectivity index (χ0v) is 14.9. The first-order chi connectivity index (χ1) is 12.5. The first kappa shape index (κ1) is 18.2. The van der Waals surface area contributed by atoms with Gasteiger partial charge < -0.3 is 15.1 Å². The average molecular weight is 360 g/mol. The van der Waals surface area contributed by atoms with Crippen LogP contribution in [0.15, 0.2) is 18.2 Å². The van der Waals surface area contributed by atoms with Crippen molar-refractivity contribution in [3.8, 4) is 0 Å². The Kier molecular flexibility index (Phi) is 5.39. The Bertz CT molecular complexity index is 717. The fourth-order valence-corrected chi connectivity index (χ4v) is 3.21. The van der Waals surface area contributed by atoms with Gasteiger partial charge in [-0.15, -0.1) is 0 Å². The van der Waals surface area contributed by atoms with E-state index in [2.05, 4.69) is 5.32 Å². The molecule has 1 aromatic rings. The van der Waals surface area contributed by atoms with Gasteiger partial charge in [0, 0.05) is 37.3 Å². The normalized spacial score (nSPS) is 17.8. The molecule has 2 aliphatic rings. The average Bonchev–Trinajstić information content (AvgIpc) is 3.44. The molecular formula is C18H24N4O4. The van der Waals surface area contributed by atoms with Crippen LogP contribution in [0.5, 0.6) is 0 Å². The first-order valence-electron chi connectivity index (χ1n) is 9.11. The molecule has 26 heavy (non-hydrogen) atoms. The fraction of sp³-hybridized carbons (Fsp3) is 0.556. The van der Waals surface area contributed by atoms with Crippen LogP contribution in [-0.4, -0.2) is 53.9 Å². The Morgan fingerprint density at radius 1 is 1.35 bits per heavy atom. The molecule has 140 valence electrons. The second-order valence-electron chi connectivity index (χ2n) is 6.86. The highest BCUT2D eigenvalue weighted by Gasteiger charge is 2.28. The van der Waals surface area contributed by atoms with Gasteiger partial charge in [-0.05, 0) is 37.8 Å². The van der Waals surface area contributed by atoms with Gasteiger partial charge in [-0.3, -0.25) is 19.7 Å². The van der Waals surface area contributed by atoms with Gasteiger partial charge in [0.2, 0.25) is 5.91 Å². The Labute approximate surface area is 152 Å². The zero-order chi connectivity index (χ0) is 18.7. The first-order valence-corrected chi connectivity index (χ1v) is 9.11. The van der Waals surface area contributed by atoms with Crippen molar-refractivity contribution < 1.29 is 14.5 Å². The van der Waals surface area contributed by atoms with Crippen LogP contribution >= 0.6 is 0 Å². The molecule has 0 spiro atoms. The van der Waals surface area contributed by atoms with Crippen LogP contribution in [0.2, 0.25) is 0 Å². The maximum atomic E-state index is 12.4. The summed E-state index contributed by atoms with van der Waals surface area (Å²) in [5, 5.41) is 14.4. The molecule has 2 fully saturated rings. The monoisotopic (exact) mass is 360 g/mol. The van der Waals surface area contributed by atoms with Crippen LogP contribution in [0.25, 0.3) is 0 Å². The van der Waals surface area contributed by atoms with E-state index in [1.165, 1.54) is 6.07 Å². The number of nitro benzene ring substituents is 1. The van der Waals surface area contributed by atoms with Crippen molar-refractivity contribution in [1.29, 1.82) is 0 Å². The lowest BCUT2D eigenvalue weighted by Gasteiger charge is -2.23. The second-order valence-corrected chi connectivity index (χ2v) is 6.86. The molecule has 1 heterocycles. The molecule has 3 rings (SSSR count). The number of carbonyl (C=O) groups excluding carboxylic acids is 2.